The fraction of sp³-hybridized carbons (Fsp3) is 0.435. The van der Waals surface area contributed by atoms with E-state index in [0.717, 1.165) is 0 Å². The first-order valence-electron chi connectivity index (χ1n) is 11.1. The molecule has 1 unspecified atom stereocenters. The average Bonchev–Trinajstić information content (AvgIpc) is 3.35. The summed E-state index contributed by atoms with van der Waals surface area (Å²) in [7, 11) is 0. The van der Waals surface area contributed by atoms with E-state index in [9.17, 15) is 31.1 Å². The van der Waals surface area contributed by atoms with Crippen LogP contribution in [-0.4, -0.2) is 37.7 Å². The zero-order chi connectivity index (χ0) is 26.9. The molecule has 0 aliphatic heterocycles. The first-order valence-corrected chi connectivity index (χ1v) is 11.1. The summed E-state index contributed by atoms with van der Waals surface area (Å²) < 4.78 is 84.7. The minimum atomic E-state index is -4.57. The summed E-state index contributed by atoms with van der Waals surface area (Å²) in [5, 5.41) is 15.4. The second kappa shape index (κ2) is 8.15. The standard InChI is InChI=1S/C23H19F6N5O3/c1-21(8-32-19(36)10-3-13(24)16(35)15(26)14(10)25)4-12-11(21)5-22(12,2)20-33-18(34-37-20)17-30-6-9(7-31-17)23(27,28)29/h3,6-7,11-12,35H,4-5,8H2,1-2H3,(H,32,36)/t11-,12?,21-,22+/m0/s1. The molecule has 0 spiro atoms. The summed E-state index contributed by atoms with van der Waals surface area (Å²) in [5.74, 6) is -7.10. The normalized spacial score (nSPS) is 26.7. The van der Waals surface area contributed by atoms with Crippen LogP contribution in [0.25, 0.3) is 11.6 Å². The number of benzene rings is 1. The predicted molar refractivity (Wildman–Crippen MR) is 112 cm³/mol. The molecule has 2 saturated carbocycles. The first kappa shape index (κ1) is 25.0. The van der Waals surface area contributed by atoms with Gasteiger partial charge in [0.15, 0.2) is 17.4 Å². The van der Waals surface area contributed by atoms with Gasteiger partial charge < -0.3 is 14.9 Å². The van der Waals surface area contributed by atoms with Crippen molar-refractivity contribution in [1.29, 1.82) is 0 Å². The smallest absolute Gasteiger partial charge is 0.419 e. The minimum absolute atomic E-state index is 0.0434. The highest BCUT2D eigenvalue weighted by atomic mass is 19.4. The first-order chi connectivity index (χ1) is 17.2. The van der Waals surface area contributed by atoms with Crippen LogP contribution in [0.4, 0.5) is 26.3 Å². The number of halogens is 6. The van der Waals surface area contributed by atoms with E-state index in [1.54, 1.807) is 0 Å². The molecule has 196 valence electrons. The second-order valence-electron chi connectivity index (χ2n) is 9.97. The maximum atomic E-state index is 14.0. The molecule has 1 aromatic carbocycles. The fourth-order valence-electron chi connectivity index (χ4n) is 5.34. The predicted octanol–water partition coefficient (Wildman–Crippen LogP) is 4.40. The highest BCUT2D eigenvalue weighted by Gasteiger charge is 2.68. The van der Waals surface area contributed by atoms with Crippen LogP contribution in [0.1, 0.15) is 48.5 Å². The lowest BCUT2D eigenvalue weighted by Crippen LogP contribution is -2.67. The maximum absolute atomic E-state index is 14.0. The van der Waals surface area contributed by atoms with Crippen LogP contribution in [0.15, 0.2) is 23.0 Å². The number of alkyl halides is 3. The Balaban J connectivity index is 1.23. The lowest BCUT2D eigenvalue weighted by molar-refractivity contribution is -0.170. The van der Waals surface area contributed by atoms with Crippen molar-refractivity contribution in [3.05, 3.63) is 52.9 Å². The molecular weight excluding hydrogens is 508 g/mol. The third-order valence-corrected chi connectivity index (χ3v) is 7.65. The van der Waals surface area contributed by atoms with Gasteiger partial charge in [-0.3, -0.25) is 4.79 Å². The van der Waals surface area contributed by atoms with Crippen LogP contribution in [0.5, 0.6) is 5.75 Å². The van der Waals surface area contributed by atoms with E-state index >= 15 is 0 Å². The van der Waals surface area contributed by atoms with Gasteiger partial charge in [0.2, 0.25) is 23.4 Å². The molecule has 2 aromatic heterocycles. The number of hydrogen-bond donors (Lipinski definition) is 2. The highest BCUT2D eigenvalue weighted by molar-refractivity contribution is 5.94. The van der Waals surface area contributed by atoms with Crippen LogP contribution in [0.3, 0.4) is 0 Å². The topological polar surface area (TPSA) is 114 Å². The van der Waals surface area contributed by atoms with Gasteiger partial charge in [0.05, 0.1) is 16.5 Å². The number of rotatable bonds is 5. The van der Waals surface area contributed by atoms with Crippen molar-refractivity contribution in [2.24, 2.45) is 17.3 Å². The van der Waals surface area contributed by atoms with Crippen molar-refractivity contribution in [1.82, 2.24) is 25.4 Å². The number of phenols is 1. The number of aromatic hydroxyl groups is 1. The van der Waals surface area contributed by atoms with Crippen LogP contribution in [0, 0.1) is 34.7 Å². The Morgan fingerprint density at radius 1 is 1.11 bits per heavy atom. The number of carbonyl (C=O) groups excluding carboxylic acids is 1. The van der Waals surface area contributed by atoms with E-state index in [-0.39, 0.29) is 41.3 Å². The Labute approximate surface area is 205 Å². The maximum Gasteiger partial charge on any atom is 0.419 e. The van der Waals surface area contributed by atoms with Crippen molar-refractivity contribution in [2.45, 2.75) is 38.3 Å². The Morgan fingerprint density at radius 3 is 2.38 bits per heavy atom. The summed E-state index contributed by atoms with van der Waals surface area (Å²) in [6, 6.07) is 0.433. The largest absolute Gasteiger partial charge is 0.503 e. The SMILES string of the molecule is C[C@@]1(CNC(=O)c2cc(F)c(O)c(F)c2F)CC2[C@@H]1C[C@@]2(C)c1nc(-c2ncc(C(F)(F)F)cn2)no1. The van der Waals surface area contributed by atoms with Gasteiger partial charge in [-0.05, 0) is 36.2 Å². The van der Waals surface area contributed by atoms with Gasteiger partial charge in [0.25, 0.3) is 5.91 Å². The van der Waals surface area contributed by atoms with Gasteiger partial charge in [-0.25, -0.2) is 18.7 Å². The van der Waals surface area contributed by atoms with E-state index in [0.29, 0.717) is 31.3 Å². The molecule has 14 heteroatoms. The molecule has 5 rings (SSSR count). The van der Waals surface area contributed by atoms with Crippen molar-refractivity contribution >= 4 is 5.91 Å². The van der Waals surface area contributed by atoms with Gasteiger partial charge in [-0.1, -0.05) is 19.0 Å². The molecule has 0 bridgehead atoms. The van der Waals surface area contributed by atoms with Crippen LogP contribution in [-0.2, 0) is 11.6 Å². The molecule has 2 fully saturated rings. The molecule has 8 nitrogen and oxygen atoms in total. The van der Waals surface area contributed by atoms with Gasteiger partial charge in [-0.2, -0.15) is 22.5 Å². The third kappa shape index (κ3) is 3.89. The third-order valence-electron chi connectivity index (χ3n) is 7.65. The number of phenolic OH excluding ortho intramolecular Hbond substituents is 1. The summed E-state index contributed by atoms with van der Waals surface area (Å²) >= 11 is 0. The zero-order valence-electron chi connectivity index (χ0n) is 19.3. The van der Waals surface area contributed by atoms with Crippen LogP contribution in [0.2, 0.25) is 0 Å². The lowest BCUT2D eigenvalue weighted by Gasteiger charge is -2.68. The molecule has 0 saturated heterocycles. The quantitative estimate of drug-likeness (QED) is 0.374. The summed E-state index contributed by atoms with van der Waals surface area (Å²) in [6.45, 7) is 3.94. The Morgan fingerprint density at radius 2 is 1.78 bits per heavy atom. The number of aromatic nitrogens is 4. The molecule has 3 aromatic rings. The number of hydrogen-bond acceptors (Lipinski definition) is 7. The van der Waals surface area contributed by atoms with Gasteiger partial charge >= 0.3 is 6.18 Å². The van der Waals surface area contributed by atoms with Crippen LogP contribution < -0.4 is 5.32 Å². The summed E-state index contributed by atoms with van der Waals surface area (Å²) in [4.78, 5) is 24.0. The number of amides is 1. The molecule has 0 radical (unpaired) electrons. The molecule has 1 amide bonds. The average molecular weight is 527 g/mol. The number of carbonyl (C=O) groups is 1. The summed E-state index contributed by atoms with van der Waals surface area (Å²) in [6.07, 6.45) is -2.09. The minimum Gasteiger partial charge on any atom is -0.503 e. The van der Waals surface area contributed by atoms with E-state index in [1.165, 1.54) is 0 Å². The molecule has 37 heavy (non-hydrogen) atoms. The summed E-state index contributed by atoms with van der Waals surface area (Å²) in [5.41, 5.74) is -2.75. The van der Waals surface area contributed by atoms with Gasteiger partial charge in [0, 0.05) is 18.9 Å². The van der Waals surface area contributed by atoms with Crippen LogP contribution >= 0.6 is 0 Å². The highest BCUT2D eigenvalue weighted by Crippen LogP contribution is 2.69. The molecular formula is C23H19F6N5O3. The Bertz CT molecular complexity index is 1390. The van der Waals surface area contributed by atoms with E-state index in [1.807, 2.05) is 13.8 Å². The lowest BCUT2D eigenvalue weighted by atomic mass is 9.36. The fourth-order valence-corrected chi connectivity index (χ4v) is 5.34. The second-order valence-corrected chi connectivity index (χ2v) is 9.97. The van der Waals surface area contributed by atoms with Crippen molar-refractivity contribution in [2.75, 3.05) is 6.54 Å². The number of nitrogens with one attached hydrogen (secondary N) is 1. The monoisotopic (exact) mass is 527 g/mol. The van der Waals surface area contributed by atoms with Gasteiger partial charge in [-0.15, -0.1) is 0 Å². The van der Waals surface area contributed by atoms with Crippen molar-refractivity contribution < 1.29 is 40.8 Å². The molecule has 2 aliphatic carbocycles. The number of nitrogens with zero attached hydrogens (tertiary/aromatic N) is 4. The van der Waals surface area contributed by atoms with E-state index in [2.05, 4.69) is 25.4 Å². The zero-order valence-corrected chi connectivity index (χ0v) is 19.3. The van der Waals surface area contributed by atoms with Gasteiger partial charge in [0.1, 0.15) is 0 Å². The molecule has 2 heterocycles. The number of fused-ring (bicyclic) bond motifs is 1. The van der Waals surface area contributed by atoms with Crippen molar-refractivity contribution in [3.8, 4) is 17.4 Å². The Hall–Kier alpha value is -3.71. The van der Waals surface area contributed by atoms with E-state index in [4.69, 9.17) is 9.63 Å². The van der Waals surface area contributed by atoms with Crippen molar-refractivity contribution in [3.63, 3.8) is 0 Å². The van der Waals surface area contributed by atoms with E-state index < -0.39 is 51.8 Å². The molecule has 4 atom stereocenters. The Kier molecular flexibility index (Phi) is 5.50. The molecule has 2 N–H and O–H groups in total. The molecule has 2 aliphatic rings.